The van der Waals surface area contributed by atoms with E-state index in [1.807, 2.05) is 7.05 Å². The molecular weight excluding hydrogens is 186 g/mol. The number of aromatic nitrogens is 1. The largest absolute Gasteiger partial charge is 0.372 e. The number of anilines is 1. The summed E-state index contributed by atoms with van der Waals surface area (Å²) < 4.78 is 0. The van der Waals surface area contributed by atoms with Gasteiger partial charge in [-0.1, -0.05) is 19.8 Å². The molecule has 0 aromatic carbocycles. The summed E-state index contributed by atoms with van der Waals surface area (Å²) in [6.07, 6.45) is 7.01. The van der Waals surface area contributed by atoms with Crippen LogP contribution in [0.4, 0.5) is 5.69 Å². The monoisotopic (exact) mass is 203 g/mol. The molecule has 0 aliphatic heterocycles. The van der Waals surface area contributed by atoms with Crippen molar-refractivity contribution in [2.24, 2.45) is 0 Å². The first-order chi connectivity index (χ1) is 7.29. The molecule has 0 atom stereocenters. The Hall–Kier alpha value is -1.56. The number of hydrogen-bond acceptors (Lipinski definition) is 3. The highest BCUT2D eigenvalue weighted by atomic mass is 15.1. The van der Waals surface area contributed by atoms with Gasteiger partial charge in [0.05, 0.1) is 17.4 Å². The molecule has 0 fully saturated rings. The van der Waals surface area contributed by atoms with Gasteiger partial charge in [-0.25, -0.2) is 0 Å². The van der Waals surface area contributed by atoms with Gasteiger partial charge in [0.25, 0.3) is 0 Å². The van der Waals surface area contributed by atoms with Crippen molar-refractivity contribution in [3.05, 3.63) is 24.0 Å². The Balaban J connectivity index is 2.65. The average molecular weight is 203 g/mol. The molecule has 1 aromatic heterocycles. The lowest BCUT2D eigenvalue weighted by Gasteiger charge is -2.19. The summed E-state index contributed by atoms with van der Waals surface area (Å²) in [4.78, 5) is 6.15. The van der Waals surface area contributed by atoms with Crippen LogP contribution in [-0.4, -0.2) is 18.6 Å². The predicted molar refractivity (Wildman–Crippen MR) is 61.7 cm³/mol. The van der Waals surface area contributed by atoms with Crippen LogP contribution in [0.25, 0.3) is 0 Å². The summed E-state index contributed by atoms with van der Waals surface area (Å²) in [5, 5.41) is 8.93. The SMILES string of the molecule is CCCCCN(C)c1cnccc1C#N. The Morgan fingerprint density at radius 2 is 2.27 bits per heavy atom. The second-order valence-electron chi connectivity index (χ2n) is 3.63. The molecule has 0 N–H and O–H groups in total. The molecule has 0 aliphatic rings. The van der Waals surface area contributed by atoms with Gasteiger partial charge in [-0.05, 0) is 12.5 Å². The van der Waals surface area contributed by atoms with Crippen LogP contribution in [0.5, 0.6) is 0 Å². The Morgan fingerprint density at radius 1 is 1.47 bits per heavy atom. The Kier molecular flexibility index (Phi) is 4.62. The van der Waals surface area contributed by atoms with Crippen LogP contribution in [0.15, 0.2) is 18.5 Å². The summed E-state index contributed by atoms with van der Waals surface area (Å²) in [6.45, 7) is 3.17. The lowest BCUT2D eigenvalue weighted by atomic mass is 10.2. The summed E-state index contributed by atoms with van der Waals surface area (Å²) in [5.41, 5.74) is 1.63. The molecule has 1 heterocycles. The topological polar surface area (TPSA) is 39.9 Å². The summed E-state index contributed by atoms with van der Waals surface area (Å²) in [6, 6.07) is 3.94. The third-order valence-electron chi connectivity index (χ3n) is 2.43. The summed E-state index contributed by atoms with van der Waals surface area (Å²) >= 11 is 0. The van der Waals surface area contributed by atoms with Crippen molar-refractivity contribution in [1.82, 2.24) is 4.98 Å². The fourth-order valence-electron chi connectivity index (χ4n) is 1.50. The normalized spacial score (nSPS) is 9.67. The van der Waals surface area contributed by atoms with Gasteiger partial charge in [0, 0.05) is 19.8 Å². The van der Waals surface area contributed by atoms with Crippen molar-refractivity contribution in [2.45, 2.75) is 26.2 Å². The van der Waals surface area contributed by atoms with Crippen LogP contribution < -0.4 is 4.90 Å². The minimum absolute atomic E-state index is 0.698. The molecule has 1 rings (SSSR count). The van der Waals surface area contributed by atoms with E-state index in [-0.39, 0.29) is 0 Å². The van der Waals surface area contributed by atoms with E-state index in [1.54, 1.807) is 18.5 Å². The van der Waals surface area contributed by atoms with E-state index in [9.17, 15) is 0 Å². The van der Waals surface area contributed by atoms with E-state index in [1.165, 1.54) is 12.8 Å². The van der Waals surface area contributed by atoms with Crippen LogP contribution >= 0.6 is 0 Å². The molecule has 0 bridgehead atoms. The van der Waals surface area contributed by atoms with Gasteiger partial charge in [-0.15, -0.1) is 0 Å². The zero-order valence-corrected chi connectivity index (χ0v) is 9.40. The number of unbranched alkanes of at least 4 members (excludes halogenated alkanes) is 2. The highest BCUT2D eigenvalue weighted by molar-refractivity contribution is 5.56. The minimum Gasteiger partial charge on any atom is -0.372 e. The van der Waals surface area contributed by atoms with Crippen LogP contribution in [0.2, 0.25) is 0 Å². The van der Waals surface area contributed by atoms with Crippen molar-refractivity contribution >= 4 is 5.69 Å². The van der Waals surface area contributed by atoms with E-state index >= 15 is 0 Å². The van der Waals surface area contributed by atoms with E-state index < -0.39 is 0 Å². The van der Waals surface area contributed by atoms with Crippen LogP contribution in [0, 0.1) is 11.3 Å². The maximum absolute atomic E-state index is 8.93. The maximum Gasteiger partial charge on any atom is 0.101 e. The van der Waals surface area contributed by atoms with Crippen molar-refractivity contribution in [2.75, 3.05) is 18.5 Å². The second-order valence-corrected chi connectivity index (χ2v) is 3.63. The number of rotatable bonds is 5. The number of nitriles is 1. The molecular formula is C12H17N3. The Morgan fingerprint density at radius 3 is 2.93 bits per heavy atom. The van der Waals surface area contributed by atoms with Crippen molar-refractivity contribution < 1.29 is 0 Å². The lowest BCUT2D eigenvalue weighted by Crippen LogP contribution is -2.19. The molecule has 80 valence electrons. The van der Waals surface area contributed by atoms with E-state index in [0.717, 1.165) is 18.7 Å². The first-order valence-electron chi connectivity index (χ1n) is 5.34. The Bertz CT molecular complexity index is 341. The standard InChI is InChI=1S/C12H17N3/c1-3-4-5-8-15(2)12-10-14-7-6-11(12)9-13/h6-7,10H,3-5,8H2,1-2H3. The number of nitrogens with zero attached hydrogens (tertiary/aromatic N) is 3. The quantitative estimate of drug-likeness (QED) is 0.690. The third kappa shape index (κ3) is 3.25. The van der Waals surface area contributed by atoms with Crippen LogP contribution in [0.1, 0.15) is 31.7 Å². The van der Waals surface area contributed by atoms with Crippen molar-refractivity contribution in [3.63, 3.8) is 0 Å². The van der Waals surface area contributed by atoms with Gasteiger partial charge in [-0.3, -0.25) is 4.98 Å². The number of hydrogen-bond donors (Lipinski definition) is 0. The third-order valence-corrected chi connectivity index (χ3v) is 2.43. The molecule has 0 saturated carbocycles. The van der Waals surface area contributed by atoms with Gasteiger partial charge in [0.15, 0.2) is 0 Å². The molecule has 0 aliphatic carbocycles. The molecule has 0 radical (unpaired) electrons. The minimum atomic E-state index is 0.698. The highest BCUT2D eigenvalue weighted by Crippen LogP contribution is 2.16. The van der Waals surface area contributed by atoms with Crippen LogP contribution in [-0.2, 0) is 0 Å². The zero-order chi connectivity index (χ0) is 11.1. The molecule has 0 amide bonds. The fourth-order valence-corrected chi connectivity index (χ4v) is 1.50. The maximum atomic E-state index is 8.93. The molecule has 0 unspecified atom stereocenters. The average Bonchev–Trinajstić information content (AvgIpc) is 2.29. The smallest absolute Gasteiger partial charge is 0.101 e. The second kappa shape index (κ2) is 6.02. The molecule has 0 spiro atoms. The van der Waals surface area contributed by atoms with Gasteiger partial charge in [0.1, 0.15) is 6.07 Å². The van der Waals surface area contributed by atoms with E-state index in [2.05, 4.69) is 22.9 Å². The van der Waals surface area contributed by atoms with Crippen molar-refractivity contribution in [1.29, 1.82) is 5.26 Å². The van der Waals surface area contributed by atoms with Gasteiger partial charge >= 0.3 is 0 Å². The van der Waals surface area contributed by atoms with E-state index in [4.69, 9.17) is 5.26 Å². The zero-order valence-electron chi connectivity index (χ0n) is 9.40. The number of pyridine rings is 1. The molecule has 0 saturated heterocycles. The van der Waals surface area contributed by atoms with Crippen LogP contribution in [0.3, 0.4) is 0 Å². The van der Waals surface area contributed by atoms with E-state index in [0.29, 0.717) is 5.56 Å². The predicted octanol–water partition coefficient (Wildman–Crippen LogP) is 2.58. The van der Waals surface area contributed by atoms with Gasteiger partial charge in [-0.2, -0.15) is 5.26 Å². The lowest BCUT2D eigenvalue weighted by molar-refractivity contribution is 0.704. The van der Waals surface area contributed by atoms with Gasteiger partial charge < -0.3 is 4.90 Å². The molecule has 3 heteroatoms. The fraction of sp³-hybridized carbons (Fsp3) is 0.500. The van der Waals surface area contributed by atoms with Gasteiger partial charge in [0.2, 0.25) is 0 Å². The summed E-state index contributed by atoms with van der Waals surface area (Å²) in [5.74, 6) is 0. The molecule has 1 aromatic rings. The summed E-state index contributed by atoms with van der Waals surface area (Å²) in [7, 11) is 2.01. The molecule has 15 heavy (non-hydrogen) atoms. The first kappa shape index (κ1) is 11.5. The first-order valence-corrected chi connectivity index (χ1v) is 5.34. The highest BCUT2D eigenvalue weighted by Gasteiger charge is 2.05. The Labute approximate surface area is 91.4 Å². The van der Waals surface area contributed by atoms with Crippen molar-refractivity contribution in [3.8, 4) is 6.07 Å². The molecule has 3 nitrogen and oxygen atoms in total.